The number of rotatable bonds is 10. The molecule has 0 radical (unpaired) electrons. The molecule has 0 bridgehead atoms. The Labute approximate surface area is 199 Å². The molecule has 2 aromatic rings. The fourth-order valence-corrected chi connectivity index (χ4v) is 5.40. The molecule has 1 saturated heterocycles. The Bertz CT molecular complexity index is 1170. The molecule has 186 valence electrons. The van der Waals surface area contributed by atoms with Crippen molar-refractivity contribution in [3.8, 4) is 5.75 Å². The smallest absolute Gasteiger partial charge is 0.262 e. The Morgan fingerprint density at radius 3 is 2.18 bits per heavy atom. The monoisotopic (exact) mass is 512 g/mol. The highest BCUT2D eigenvalue weighted by Gasteiger charge is 2.32. The predicted octanol–water partition coefficient (Wildman–Crippen LogP) is -0.00490. The number of carbonyl (C=O) groups excluding carboxylic acids is 1. The number of amides is 1. The van der Waals surface area contributed by atoms with Gasteiger partial charge in [0.15, 0.2) is 0 Å². The Morgan fingerprint density at radius 2 is 1.62 bits per heavy atom. The maximum atomic E-state index is 12.8. The van der Waals surface area contributed by atoms with E-state index in [9.17, 15) is 21.6 Å². The van der Waals surface area contributed by atoms with E-state index in [0.29, 0.717) is 12.4 Å². The summed E-state index contributed by atoms with van der Waals surface area (Å²) in [6.07, 6.45) is 1.10. The molecule has 0 spiro atoms. The van der Waals surface area contributed by atoms with Crippen LogP contribution in [0.25, 0.3) is 0 Å². The first-order valence-corrected chi connectivity index (χ1v) is 13.8. The van der Waals surface area contributed by atoms with Gasteiger partial charge in [0, 0.05) is 32.7 Å². The molecule has 1 aliphatic rings. The van der Waals surface area contributed by atoms with Crippen molar-refractivity contribution in [2.24, 2.45) is 0 Å². The number of hydroxylamine groups is 1. The highest BCUT2D eigenvalue weighted by molar-refractivity contribution is 7.89. The molecule has 0 saturated carbocycles. The minimum absolute atomic E-state index is 0.00962. The summed E-state index contributed by atoms with van der Waals surface area (Å²) in [5, 5.41) is 9.10. The Morgan fingerprint density at radius 1 is 1.00 bits per heavy atom. The van der Waals surface area contributed by atoms with Crippen LogP contribution in [0, 0.1) is 0 Å². The third kappa shape index (κ3) is 6.98. The van der Waals surface area contributed by atoms with Gasteiger partial charge in [-0.05, 0) is 29.8 Å². The minimum atomic E-state index is -3.95. The van der Waals surface area contributed by atoms with E-state index in [2.05, 4.69) is 4.72 Å². The van der Waals surface area contributed by atoms with Gasteiger partial charge in [-0.1, -0.05) is 30.3 Å². The average molecular weight is 513 g/mol. The van der Waals surface area contributed by atoms with Crippen LogP contribution in [-0.4, -0.2) is 82.2 Å². The molecule has 13 heteroatoms. The van der Waals surface area contributed by atoms with Gasteiger partial charge < -0.3 is 4.74 Å². The van der Waals surface area contributed by atoms with E-state index in [4.69, 9.17) is 9.94 Å². The number of nitrogens with one attached hydrogen (secondary N) is 2. The number of nitrogens with zero attached hydrogens (tertiary/aromatic N) is 2. The molecule has 34 heavy (non-hydrogen) atoms. The van der Waals surface area contributed by atoms with Gasteiger partial charge in [0.1, 0.15) is 18.4 Å². The lowest BCUT2D eigenvalue weighted by Crippen LogP contribution is -2.58. The number of hydrogen-bond donors (Lipinski definition) is 3. The molecule has 11 nitrogen and oxygen atoms in total. The quantitative estimate of drug-likeness (QED) is 0.298. The molecule has 1 aliphatic heterocycles. The van der Waals surface area contributed by atoms with Crippen molar-refractivity contribution >= 4 is 26.0 Å². The van der Waals surface area contributed by atoms with Crippen LogP contribution in [-0.2, 0) is 31.4 Å². The molecule has 0 aromatic heterocycles. The highest BCUT2D eigenvalue weighted by Crippen LogP contribution is 2.18. The van der Waals surface area contributed by atoms with E-state index in [1.165, 1.54) is 16.4 Å². The zero-order chi connectivity index (χ0) is 24.8. The Hall–Kier alpha value is -2.55. The SMILES string of the molecule is CS(=O)(=O)N1CCN([C@@H](CNS(=O)(=O)c2ccc(OCc3ccccc3)cc2)C(=O)NO)CC1. The molecule has 3 rings (SSSR count). The van der Waals surface area contributed by atoms with E-state index in [1.807, 2.05) is 30.3 Å². The second kappa shape index (κ2) is 11.3. The number of piperazine rings is 1. The second-order valence-electron chi connectivity index (χ2n) is 7.79. The maximum Gasteiger partial charge on any atom is 0.262 e. The van der Waals surface area contributed by atoms with Crippen molar-refractivity contribution in [3.05, 3.63) is 60.2 Å². The first kappa shape index (κ1) is 26.1. The van der Waals surface area contributed by atoms with Crippen LogP contribution in [0.3, 0.4) is 0 Å². The van der Waals surface area contributed by atoms with Gasteiger partial charge in [-0.25, -0.2) is 27.0 Å². The van der Waals surface area contributed by atoms with Crippen LogP contribution in [0.1, 0.15) is 5.56 Å². The summed E-state index contributed by atoms with van der Waals surface area (Å²) in [4.78, 5) is 13.8. The molecule has 1 heterocycles. The van der Waals surface area contributed by atoms with Crippen LogP contribution in [0.5, 0.6) is 5.75 Å². The van der Waals surface area contributed by atoms with E-state index < -0.39 is 32.0 Å². The predicted molar refractivity (Wildman–Crippen MR) is 124 cm³/mol. The average Bonchev–Trinajstić information content (AvgIpc) is 2.83. The Kier molecular flexibility index (Phi) is 8.62. The molecular formula is C21H28N4O7S2. The fourth-order valence-electron chi connectivity index (χ4n) is 3.54. The third-order valence-electron chi connectivity index (χ3n) is 5.44. The van der Waals surface area contributed by atoms with Gasteiger partial charge >= 0.3 is 0 Å². The van der Waals surface area contributed by atoms with Crippen molar-refractivity contribution < 1.29 is 31.6 Å². The minimum Gasteiger partial charge on any atom is -0.489 e. The largest absolute Gasteiger partial charge is 0.489 e. The number of ether oxygens (including phenoxy) is 1. The summed E-state index contributed by atoms with van der Waals surface area (Å²) in [5.41, 5.74) is 2.53. The maximum absolute atomic E-state index is 12.8. The summed E-state index contributed by atoms with van der Waals surface area (Å²) in [6.45, 7) is 0.771. The topological polar surface area (TPSA) is 145 Å². The van der Waals surface area contributed by atoms with Gasteiger partial charge in [0.25, 0.3) is 5.91 Å². The van der Waals surface area contributed by atoms with Crippen molar-refractivity contribution in [1.82, 2.24) is 19.4 Å². The lowest BCUT2D eigenvalue weighted by atomic mass is 10.2. The molecule has 0 unspecified atom stereocenters. The summed E-state index contributed by atoms with van der Waals surface area (Å²) in [7, 11) is -7.31. The van der Waals surface area contributed by atoms with Gasteiger partial charge in [-0.15, -0.1) is 0 Å². The summed E-state index contributed by atoms with van der Waals surface area (Å²) in [5.74, 6) is -0.288. The molecule has 3 N–H and O–H groups in total. The third-order valence-corrected chi connectivity index (χ3v) is 8.19. The van der Waals surface area contributed by atoms with Crippen LogP contribution >= 0.6 is 0 Å². The fraction of sp³-hybridized carbons (Fsp3) is 0.381. The number of benzene rings is 2. The van der Waals surface area contributed by atoms with Crippen molar-refractivity contribution in [1.29, 1.82) is 0 Å². The lowest BCUT2D eigenvalue weighted by molar-refractivity contribution is -0.135. The summed E-state index contributed by atoms with van der Waals surface area (Å²) >= 11 is 0. The molecular weight excluding hydrogens is 484 g/mol. The number of carbonyl (C=O) groups is 1. The second-order valence-corrected chi connectivity index (χ2v) is 11.5. The van der Waals surface area contributed by atoms with Crippen LogP contribution < -0.4 is 14.9 Å². The molecule has 2 aromatic carbocycles. The zero-order valence-corrected chi connectivity index (χ0v) is 20.3. The van der Waals surface area contributed by atoms with Crippen LogP contribution in [0.15, 0.2) is 59.5 Å². The zero-order valence-electron chi connectivity index (χ0n) is 18.6. The van der Waals surface area contributed by atoms with Gasteiger partial charge in [-0.2, -0.15) is 4.31 Å². The van der Waals surface area contributed by atoms with Crippen LogP contribution in [0.2, 0.25) is 0 Å². The standard InChI is InChI=1S/C21H28N4O7S2/c1-33(28,29)25-13-11-24(12-14-25)20(21(26)23-27)15-22-34(30,31)19-9-7-18(8-10-19)32-16-17-5-3-2-4-6-17/h2-10,20,22,27H,11-16H2,1H3,(H,23,26)/t20-/m0/s1. The van der Waals surface area contributed by atoms with E-state index in [-0.39, 0.29) is 37.6 Å². The first-order chi connectivity index (χ1) is 16.1. The van der Waals surface area contributed by atoms with Gasteiger partial charge in [-0.3, -0.25) is 14.9 Å². The van der Waals surface area contributed by atoms with Crippen molar-refractivity contribution in [2.45, 2.75) is 17.5 Å². The lowest BCUT2D eigenvalue weighted by Gasteiger charge is -2.37. The summed E-state index contributed by atoms with van der Waals surface area (Å²) < 4.78 is 58.2. The van der Waals surface area contributed by atoms with Crippen molar-refractivity contribution in [3.63, 3.8) is 0 Å². The highest BCUT2D eigenvalue weighted by atomic mass is 32.2. The molecule has 1 atom stereocenters. The van der Waals surface area contributed by atoms with Crippen LogP contribution in [0.4, 0.5) is 0 Å². The number of sulfonamides is 2. The van der Waals surface area contributed by atoms with Gasteiger partial charge in [0.2, 0.25) is 20.0 Å². The molecule has 1 fully saturated rings. The molecule has 0 aliphatic carbocycles. The number of hydrogen-bond acceptors (Lipinski definition) is 8. The Balaban J connectivity index is 1.60. The molecule has 1 amide bonds. The van der Waals surface area contributed by atoms with Crippen molar-refractivity contribution in [2.75, 3.05) is 39.0 Å². The summed E-state index contributed by atoms with van der Waals surface area (Å²) in [6, 6.07) is 14.4. The van der Waals surface area contributed by atoms with E-state index in [0.717, 1.165) is 11.8 Å². The normalized spacial score (nSPS) is 16.6. The first-order valence-electron chi connectivity index (χ1n) is 10.5. The van der Waals surface area contributed by atoms with E-state index >= 15 is 0 Å². The van der Waals surface area contributed by atoms with E-state index in [1.54, 1.807) is 22.5 Å². The van der Waals surface area contributed by atoms with Gasteiger partial charge in [0.05, 0.1) is 11.2 Å².